The van der Waals surface area contributed by atoms with Crippen LogP contribution >= 0.6 is 0 Å². The molecular weight excluding hydrogens is 432 g/mol. The Morgan fingerprint density at radius 1 is 0.912 bits per heavy atom. The Morgan fingerprint density at radius 2 is 1.62 bits per heavy atom. The molecule has 0 spiro atoms. The molecule has 34 heavy (non-hydrogen) atoms. The fourth-order valence-corrected chi connectivity index (χ4v) is 3.97. The zero-order valence-electron chi connectivity index (χ0n) is 18.5. The Hall–Kier alpha value is -3.94. The largest absolute Gasteiger partial charge is 0.456 e. The van der Waals surface area contributed by atoms with Gasteiger partial charge in [-0.3, -0.25) is 14.8 Å². The lowest BCUT2D eigenvalue weighted by atomic mass is 9.92. The summed E-state index contributed by atoms with van der Waals surface area (Å²) in [5, 5.41) is 22.8. The molecule has 0 bridgehead atoms. The topological polar surface area (TPSA) is 112 Å². The summed E-state index contributed by atoms with van der Waals surface area (Å²) in [5.74, 6) is -0.842. The minimum atomic E-state index is -0.659. The number of hydroxylamine groups is 1. The lowest BCUT2D eigenvalue weighted by Crippen LogP contribution is -2.42. The van der Waals surface area contributed by atoms with E-state index in [1.807, 2.05) is 60.7 Å². The third-order valence-corrected chi connectivity index (χ3v) is 5.79. The second-order valence-electron chi connectivity index (χ2n) is 8.18. The Kier molecular flexibility index (Phi) is 7.37. The van der Waals surface area contributed by atoms with Gasteiger partial charge in [-0.05, 0) is 42.7 Å². The first kappa shape index (κ1) is 23.2. The Morgan fingerprint density at radius 3 is 2.29 bits per heavy atom. The molecule has 7 heteroatoms. The molecule has 0 saturated heterocycles. The molecule has 0 aliphatic carbocycles. The van der Waals surface area contributed by atoms with Crippen LogP contribution in [0.25, 0.3) is 22.3 Å². The van der Waals surface area contributed by atoms with Crippen LogP contribution in [0.4, 0.5) is 0 Å². The normalized spacial score (nSPS) is 12.8. The maximum atomic E-state index is 12.8. The van der Waals surface area contributed by atoms with Crippen molar-refractivity contribution in [2.75, 3.05) is 6.61 Å². The van der Waals surface area contributed by atoms with Gasteiger partial charge in [0.05, 0.1) is 12.6 Å². The summed E-state index contributed by atoms with van der Waals surface area (Å²) in [6, 6.07) is 25.4. The van der Waals surface area contributed by atoms with Crippen LogP contribution in [0.2, 0.25) is 0 Å². The van der Waals surface area contributed by atoms with Crippen molar-refractivity contribution in [3.63, 3.8) is 0 Å². The summed E-state index contributed by atoms with van der Waals surface area (Å²) in [4.78, 5) is 25.0. The highest BCUT2D eigenvalue weighted by Gasteiger charge is 2.24. The van der Waals surface area contributed by atoms with E-state index in [0.717, 1.165) is 22.1 Å². The molecule has 0 fully saturated rings. The second kappa shape index (κ2) is 10.8. The van der Waals surface area contributed by atoms with Gasteiger partial charge in [0.15, 0.2) is 0 Å². The first-order chi connectivity index (χ1) is 16.6. The number of fused-ring (bicyclic) bond motifs is 1. The number of aliphatic hydroxyl groups excluding tert-OH is 1. The molecule has 0 aliphatic rings. The van der Waals surface area contributed by atoms with Crippen LogP contribution in [0.3, 0.4) is 0 Å². The number of furan rings is 1. The van der Waals surface area contributed by atoms with Gasteiger partial charge in [-0.15, -0.1) is 0 Å². The van der Waals surface area contributed by atoms with E-state index in [1.54, 1.807) is 29.7 Å². The van der Waals surface area contributed by atoms with E-state index in [0.29, 0.717) is 17.7 Å². The highest BCUT2D eigenvalue weighted by atomic mass is 16.5. The Labute approximate surface area is 197 Å². The van der Waals surface area contributed by atoms with Crippen molar-refractivity contribution in [2.24, 2.45) is 5.92 Å². The second-order valence-corrected chi connectivity index (χ2v) is 8.18. The molecule has 0 aliphatic heterocycles. The number of amides is 2. The van der Waals surface area contributed by atoms with Gasteiger partial charge < -0.3 is 14.8 Å². The number of nitrogens with one attached hydrogen (secondary N) is 2. The van der Waals surface area contributed by atoms with E-state index in [9.17, 15) is 14.7 Å². The smallest absolute Gasteiger partial charge is 0.251 e. The van der Waals surface area contributed by atoms with Crippen LogP contribution in [0, 0.1) is 5.92 Å². The monoisotopic (exact) mass is 458 g/mol. The third-order valence-electron chi connectivity index (χ3n) is 5.79. The van der Waals surface area contributed by atoms with E-state index in [4.69, 9.17) is 9.62 Å². The van der Waals surface area contributed by atoms with Crippen LogP contribution < -0.4 is 10.8 Å². The number of rotatable bonds is 9. The number of hydrogen-bond donors (Lipinski definition) is 4. The molecule has 174 valence electrons. The number of benzene rings is 3. The quantitative estimate of drug-likeness (QED) is 0.224. The summed E-state index contributed by atoms with van der Waals surface area (Å²) >= 11 is 0. The lowest BCUT2D eigenvalue weighted by Gasteiger charge is -2.22. The van der Waals surface area contributed by atoms with Crippen molar-refractivity contribution in [1.82, 2.24) is 10.8 Å². The first-order valence-corrected chi connectivity index (χ1v) is 11.1. The van der Waals surface area contributed by atoms with Crippen LogP contribution in [0.15, 0.2) is 89.3 Å². The number of para-hydroxylation sites is 1. The molecule has 4 N–H and O–H groups in total. The van der Waals surface area contributed by atoms with Gasteiger partial charge in [-0.2, -0.15) is 0 Å². The van der Waals surface area contributed by atoms with Crippen molar-refractivity contribution in [2.45, 2.75) is 18.9 Å². The Balaban J connectivity index is 1.42. The van der Waals surface area contributed by atoms with Crippen molar-refractivity contribution in [3.05, 3.63) is 96.1 Å². The summed E-state index contributed by atoms with van der Waals surface area (Å²) in [7, 11) is 0. The van der Waals surface area contributed by atoms with Gasteiger partial charge in [-0.25, -0.2) is 5.48 Å². The zero-order chi connectivity index (χ0) is 23.9. The fourth-order valence-electron chi connectivity index (χ4n) is 3.97. The third kappa shape index (κ3) is 5.51. The highest BCUT2D eigenvalue weighted by molar-refractivity contribution is 5.95. The molecular formula is C27H26N2O5. The molecule has 3 aromatic carbocycles. The maximum absolute atomic E-state index is 12.8. The van der Waals surface area contributed by atoms with Gasteiger partial charge in [0.2, 0.25) is 5.91 Å². The van der Waals surface area contributed by atoms with Crippen LogP contribution in [0.5, 0.6) is 0 Å². The molecule has 1 heterocycles. The average Bonchev–Trinajstić information content (AvgIpc) is 3.32. The lowest BCUT2D eigenvalue weighted by molar-refractivity contribution is -0.133. The van der Waals surface area contributed by atoms with Crippen LogP contribution in [-0.2, 0) is 11.2 Å². The SMILES string of the molecule is O=C(N[C@H](CO)C[C@H](Cc1ccccc1)C(=O)NO)c1ccc(-c2cc3ccccc3o2)cc1. The van der Waals surface area contributed by atoms with E-state index >= 15 is 0 Å². The van der Waals surface area contributed by atoms with Crippen LogP contribution in [-0.4, -0.2) is 34.8 Å². The molecule has 2 atom stereocenters. The van der Waals surface area contributed by atoms with Gasteiger partial charge >= 0.3 is 0 Å². The van der Waals surface area contributed by atoms with E-state index < -0.39 is 17.9 Å². The predicted molar refractivity (Wildman–Crippen MR) is 128 cm³/mol. The molecule has 2 amide bonds. The van der Waals surface area contributed by atoms with Gasteiger partial charge in [0.1, 0.15) is 11.3 Å². The minimum absolute atomic E-state index is 0.167. The predicted octanol–water partition coefficient (Wildman–Crippen LogP) is 3.94. The summed E-state index contributed by atoms with van der Waals surface area (Å²) in [5.41, 5.74) is 4.66. The average molecular weight is 459 g/mol. The molecule has 7 nitrogen and oxygen atoms in total. The summed E-state index contributed by atoms with van der Waals surface area (Å²) < 4.78 is 5.87. The van der Waals surface area contributed by atoms with E-state index in [1.165, 1.54) is 0 Å². The summed E-state index contributed by atoms with van der Waals surface area (Å²) in [6.45, 7) is -0.340. The van der Waals surface area contributed by atoms with Crippen molar-refractivity contribution >= 4 is 22.8 Å². The van der Waals surface area contributed by atoms with Gasteiger partial charge in [-0.1, -0.05) is 60.7 Å². The Bertz CT molecular complexity index is 1220. The van der Waals surface area contributed by atoms with Crippen molar-refractivity contribution < 1.29 is 24.3 Å². The van der Waals surface area contributed by atoms with E-state index in [-0.39, 0.29) is 18.9 Å². The van der Waals surface area contributed by atoms with Crippen molar-refractivity contribution in [1.29, 1.82) is 0 Å². The first-order valence-electron chi connectivity index (χ1n) is 11.1. The number of carbonyl (C=O) groups excluding carboxylic acids is 2. The molecule has 1 aromatic heterocycles. The van der Waals surface area contributed by atoms with Crippen LogP contribution in [0.1, 0.15) is 22.3 Å². The number of hydrogen-bond acceptors (Lipinski definition) is 5. The maximum Gasteiger partial charge on any atom is 0.251 e. The van der Waals surface area contributed by atoms with Crippen molar-refractivity contribution in [3.8, 4) is 11.3 Å². The zero-order valence-corrected chi connectivity index (χ0v) is 18.5. The minimum Gasteiger partial charge on any atom is -0.456 e. The number of aliphatic hydroxyl groups is 1. The molecule has 0 unspecified atom stereocenters. The molecule has 4 aromatic rings. The van der Waals surface area contributed by atoms with Gasteiger partial charge in [0.25, 0.3) is 5.91 Å². The van der Waals surface area contributed by atoms with E-state index in [2.05, 4.69) is 5.32 Å². The number of carbonyl (C=O) groups is 2. The standard InChI is InChI=1S/C27H26N2O5/c30-17-23(15-22(27(32)29-33)14-18-6-2-1-3-7-18)28-26(31)20-12-10-19(11-13-20)25-16-21-8-4-5-9-24(21)34-25/h1-13,16,22-23,30,33H,14-15,17H2,(H,28,31)(H,29,32)/t22-,23-/m0/s1. The fraction of sp³-hybridized carbons (Fsp3) is 0.185. The molecule has 0 radical (unpaired) electrons. The highest BCUT2D eigenvalue weighted by Crippen LogP contribution is 2.27. The molecule has 0 saturated carbocycles. The molecule has 4 rings (SSSR count). The van der Waals surface area contributed by atoms with Gasteiger partial charge in [0, 0.05) is 22.4 Å². The summed E-state index contributed by atoms with van der Waals surface area (Å²) in [6.07, 6.45) is 0.534.